The van der Waals surface area contributed by atoms with E-state index in [0.717, 1.165) is 29.6 Å². The van der Waals surface area contributed by atoms with E-state index in [9.17, 15) is 0 Å². The molecule has 0 aromatic heterocycles. The molecule has 0 amide bonds. The third-order valence-corrected chi connectivity index (χ3v) is 4.00. The Balaban J connectivity index is 0.000000267. The Morgan fingerprint density at radius 1 is 1.00 bits per heavy atom. The van der Waals surface area contributed by atoms with Gasteiger partial charge in [0.05, 0.1) is 0 Å². The summed E-state index contributed by atoms with van der Waals surface area (Å²) in [4.78, 5) is 0. The molecule has 0 aromatic rings. The zero-order valence-corrected chi connectivity index (χ0v) is 16.2. The van der Waals surface area contributed by atoms with Crippen LogP contribution in [0.1, 0.15) is 53.4 Å². The van der Waals surface area contributed by atoms with Gasteiger partial charge in [-0.25, -0.2) is 0 Å². The molecular weight excluding hydrogens is 342 g/mol. The maximum absolute atomic E-state index is 4.93. The van der Waals surface area contributed by atoms with Crippen LogP contribution >= 0.6 is 17.0 Å². The summed E-state index contributed by atoms with van der Waals surface area (Å²) < 4.78 is 0. The van der Waals surface area contributed by atoms with Gasteiger partial charge in [-0.3, -0.25) is 0 Å². The minimum atomic E-state index is -0.826. The van der Waals surface area contributed by atoms with Gasteiger partial charge in [0.1, 0.15) is 0 Å². The van der Waals surface area contributed by atoms with Gasteiger partial charge >= 0.3 is 37.9 Å². The van der Waals surface area contributed by atoms with Crippen molar-refractivity contribution in [3.63, 3.8) is 0 Å². The minimum absolute atomic E-state index is 0.741. The third kappa shape index (κ3) is 9.38. The van der Waals surface area contributed by atoms with E-state index in [4.69, 9.17) is 17.0 Å². The van der Waals surface area contributed by atoms with Crippen molar-refractivity contribution in [3.8, 4) is 0 Å². The second-order valence-corrected chi connectivity index (χ2v) is 9.91. The van der Waals surface area contributed by atoms with Crippen molar-refractivity contribution >= 4 is 17.0 Å². The summed E-state index contributed by atoms with van der Waals surface area (Å²) in [5.41, 5.74) is 0. The monoisotopic (exact) mass is 368 g/mol. The average Bonchev–Trinajstić information content (AvgIpc) is 2.76. The Hall–Kier alpha value is 1.46. The van der Waals surface area contributed by atoms with Gasteiger partial charge in [-0.15, -0.1) is 0 Å². The van der Waals surface area contributed by atoms with E-state index >= 15 is 0 Å². The molecule has 0 aliphatic heterocycles. The van der Waals surface area contributed by atoms with Gasteiger partial charge < -0.3 is 13.3 Å². The van der Waals surface area contributed by atoms with Gasteiger partial charge in [0, 0.05) is 0 Å². The van der Waals surface area contributed by atoms with E-state index in [-0.39, 0.29) is 0 Å². The first-order valence-electron chi connectivity index (χ1n) is 7.03. The first-order chi connectivity index (χ1) is 8.40. The zero-order chi connectivity index (χ0) is 14.1. The summed E-state index contributed by atoms with van der Waals surface area (Å²) in [6.07, 6.45) is 7.93. The van der Waals surface area contributed by atoms with Crippen molar-refractivity contribution in [2.75, 3.05) is 0 Å². The summed E-state index contributed by atoms with van der Waals surface area (Å²) in [5, 5.41) is 0. The van der Waals surface area contributed by atoms with Gasteiger partial charge in [-0.2, -0.15) is 18.3 Å². The van der Waals surface area contributed by atoms with E-state index in [0.29, 0.717) is 0 Å². The Morgan fingerprint density at radius 2 is 1.56 bits per heavy atom. The van der Waals surface area contributed by atoms with Crippen molar-refractivity contribution < 1.29 is 20.8 Å². The SMILES string of the molecule is CC1[CH-]CC(C)C1.[CH2-]C1CC(C)CC1C.[Cl][Zr+2][Cl]. The molecule has 0 N–H and O–H groups in total. The van der Waals surface area contributed by atoms with E-state index < -0.39 is 20.8 Å². The fraction of sp³-hybridized carbons (Fsp3) is 0.867. The number of hydrogen-bond donors (Lipinski definition) is 0. The Labute approximate surface area is 133 Å². The van der Waals surface area contributed by atoms with Crippen molar-refractivity contribution in [2.24, 2.45) is 29.6 Å². The summed E-state index contributed by atoms with van der Waals surface area (Å²) >= 11 is -0.826. The van der Waals surface area contributed by atoms with E-state index in [1.807, 2.05) is 0 Å². The molecule has 0 aromatic carbocycles. The molecule has 2 fully saturated rings. The second kappa shape index (κ2) is 11.2. The molecule has 0 spiro atoms. The zero-order valence-electron chi connectivity index (χ0n) is 12.3. The van der Waals surface area contributed by atoms with E-state index in [1.54, 1.807) is 0 Å². The Kier molecular flexibility index (Phi) is 12.1. The van der Waals surface area contributed by atoms with Crippen molar-refractivity contribution in [3.05, 3.63) is 13.3 Å². The van der Waals surface area contributed by atoms with Gasteiger partial charge in [0.2, 0.25) is 0 Å². The first kappa shape index (κ1) is 19.5. The third-order valence-electron chi connectivity index (χ3n) is 4.00. The van der Waals surface area contributed by atoms with Crippen LogP contribution in [0.5, 0.6) is 0 Å². The molecule has 106 valence electrons. The molecule has 0 heterocycles. The predicted molar refractivity (Wildman–Crippen MR) is 80.0 cm³/mol. The molecule has 0 radical (unpaired) electrons. The molecule has 2 aliphatic carbocycles. The Bertz CT molecular complexity index is 181. The summed E-state index contributed by atoms with van der Waals surface area (Å²) in [5.74, 6) is 4.42. The fourth-order valence-corrected chi connectivity index (χ4v) is 2.96. The van der Waals surface area contributed by atoms with Crippen LogP contribution in [0.15, 0.2) is 0 Å². The van der Waals surface area contributed by atoms with Crippen molar-refractivity contribution in [1.29, 1.82) is 0 Å². The normalized spacial score (nSPS) is 38.1. The van der Waals surface area contributed by atoms with Crippen molar-refractivity contribution in [1.82, 2.24) is 0 Å². The fourth-order valence-electron chi connectivity index (χ4n) is 2.96. The van der Waals surface area contributed by atoms with Crippen LogP contribution in [-0.4, -0.2) is 0 Å². The molecule has 5 atom stereocenters. The molecule has 2 aliphatic rings. The van der Waals surface area contributed by atoms with Gasteiger partial charge in [-0.1, -0.05) is 58.8 Å². The van der Waals surface area contributed by atoms with Crippen LogP contribution in [0.3, 0.4) is 0 Å². The molecular formula is C15H28Cl2Zr. The molecule has 0 bridgehead atoms. The Morgan fingerprint density at radius 3 is 1.67 bits per heavy atom. The first-order valence-corrected chi connectivity index (χ1v) is 13.4. The summed E-state index contributed by atoms with van der Waals surface area (Å²) in [7, 11) is 9.87. The summed E-state index contributed by atoms with van der Waals surface area (Å²) in [6, 6.07) is 0. The summed E-state index contributed by atoms with van der Waals surface area (Å²) in [6.45, 7) is 13.3. The number of hydrogen-bond acceptors (Lipinski definition) is 0. The molecule has 18 heavy (non-hydrogen) atoms. The van der Waals surface area contributed by atoms with E-state index in [1.165, 1.54) is 25.7 Å². The quantitative estimate of drug-likeness (QED) is 0.450. The van der Waals surface area contributed by atoms with Crippen LogP contribution in [0.25, 0.3) is 0 Å². The van der Waals surface area contributed by atoms with Gasteiger partial charge in [-0.05, 0) is 5.92 Å². The van der Waals surface area contributed by atoms with Crippen LogP contribution in [0.4, 0.5) is 0 Å². The average molecular weight is 371 g/mol. The topological polar surface area (TPSA) is 0 Å². The van der Waals surface area contributed by atoms with Crippen LogP contribution in [0.2, 0.25) is 0 Å². The molecule has 2 rings (SSSR count). The van der Waals surface area contributed by atoms with Gasteiger partial charge in [0.15, 0.2) is 0 Å². The van der Waals surface area contributed by atoms with E-state index in [2.05, 4.69) is 41.0 Å². The number of halogens is 2. The standard InChI is InChI=1S/C8H15.C7H13.2ClH.Zr/c1-6-4-7(2)8(3)5-6;1-6-3-4-7(2)5-6;;;/h6-8H,2,4-5H2,1,3H3;3,6-7H,4-5H2,1-2H3;2*1H;/q2*-1;;;+4/p-2. The molecule has 5 unspecified atom stereocenters. The van der Waals surface area contributed by atoms with Crippen molar-refractivity contribution in [2.45, 2.75) is 53.4 Å². The predicted octanol–water partition coefficient (Wildman–Crippen LogP) is 6.14. The molecule has 3 heteroatoms. The van der Waals surface area contributed by atoms with Crippen LogP contribution < -0.4 is 0 Å². The molecule has 0 nitrogen and oxygen atoms in total. The molecule has 2 saturated carbocycles. The van der Waals surface area contributed by atoms with Gasteiger partial charge in [0.25, 0.3) is 0 Å². The second-order valence-electron chi connectivity index (χ2n) is 6.17. The molecule has 0 saturated heterocycles. The van der Waals surface area contributed by atoms with Crippen LogP contribution in [0, 0.1) is 42.9 Å². The van der Waals surface area contributed by atoms with Crippen LogP contribution in [-0.2, 0) is 20.8 Å². The number of rotatable bonds is 0. The maximum atomic E-state index is 4.93.